The van der Waals surface area contributed by atoms with Crippen LogP contribution in [0.15, 0.2) is 54.2 Å². The van der Waals surface area contributed by atoms with Crippen LogP contribution in [0, 0.1) is 0 Å². The standard InChI is InChI=1S/C19H16N2O5/c1-21-15-8-5-12(19(24)25)9-14(15)20-18(23)16(21)10-17(22)11-3-6-13(26-2)7-4-11/h3-10H,1-2H3,(H,20,23)(H,24,25). The van der Waals surface area contributed by atoms with Gasteiger partial charge < -0.3 is 20.1 Å². The lowest BCUT2D eigenvalue weighted by molar-refractivity contribution is -0.113. The normalized spacial score (nSPS) is 14.6. The summed E-state index contributed by atoms with van der Waals surface area (Å²) in [5.74, 6) is -1.26. The highest BCUT2D eigenvalue weighted by Crippen LogP contribution is 2.33. The second kappa shape index (κ2) is 6.72. The zero-order valence-corrected chi connectivity index (χ0v) is 14.1. The second-order valence-electron chi connectivity index (χ2n) is 5.67. The van der Waals surface area contributed by atoms with Crippen LogP contribution in [0.1, 0.15) is 20.7 Å². The van der Waals surface area contributed by atoms with Crippen LogP contribution >= 0.6 is 0 Å². The van der Waals surface area contributed by atoms with Crippen LogP contribution in [0.4, 0.5) is 11.4 Å². The third-order valence-corrected chi connectivity index (χ3v) is 4.09. The molecule has 2 N–H and O–H groups in total. The summed E-state index contributed by atoms with van der Waals surface area (Å²) in [5, 5.41) is 11.7. The number of fused-ring (bicyclic) bond motifs is 1. The monoisotopic (exact) mass is 352 g/mol. The summed E-state index contributed by atoms with van der Waals surface area (Å²) >= 11 is 0. The molecular formula is C19H16N2O5. The number of methoxy groups -OCH3 is 1. The summed E-state index contributed by atoms with van der Waals surface area (Å²) in [6.07, 6.45) is 1.26. The van der Waals surface area contributed by atoms with Crippen molar-refractivity contribution in [1.29, 1.82) is 0 Å². The number of ketones is 1. The van der Waals surface area contributed by atoms with E-state index in [-0.39, 0.29) is 17.0 Å². The molecule has 2 aromatic rings. The Morgan fingerprint density at radius 3 is 2.38 bits per heavy atom. The van der Waals surface area contributed by atoms with Crippen LogP contribution in [0.3, 0.4) is 0 Å². The van der Waals surface area contributed by atoms with Gasteiger partial charge in [-0.05, 0) is 42.5 Å². The number of ether oxygens (including phenoxy) is 1. The molecule has 7 heteroatoms. The van der Waals surface area contributed by atoms with Crippen molar-refractivity contribution >= 4 is 29.0 Å². The molecule has 0 saturated heterocycles. The molecule has 7 nitrogen and oxygen atoms in total. The molecule has 2 aromatic carbocycles. The molecule has 0 aromatic heterocycles. The van der Waals surface area contributed by atoms with Gasteiger partial charge in [0.2, 0.25) is 0 Å². The lowest BCUT2D eigenvalue weighted by atomic mass is 10.1. The minimum absolute atomic E-state index is 0.0687. The van der Waals surface area contributed by atoms with Gasteiger partial charge in [0.1, 0.15) is 11.4 Å². The minimum Gasteiger partial charge on any atom is -0.497 e. The van der Waals surface area contributed by atoms with Gasteiger partial charge in [-0.2, -0.15) is 0 Å². The van der Waals surface area contributed by atoms with Gasteiger partial charge in [0, 0.05) is 18.7 Å². The SMILES string of the molecule is COc1ccc(C(=O)C=C2C(=O)Nc3cc(C(=O)O)ccc3N2C)cc1. The number of carboxylic acid groups (broad SMARTS) is 1. The Kier molecular flexibility index (Phi) is 4.45. The average molecular weight is 352 g/mol. The van der Waals surface area contributed by atoms with Gasteiger partial charge in [-0.15, -0.1) is 0 Å². The molecule has 3 rings (SSSR count). The van der Waals surface area contributed by atoms with Gasteiger partial charge >= 0.3 is 5.97 Å². The van der Waals surface area contributed by atoms with Crippen LogP contribution < -0.4 is 15.0 Å². The zero-order valence-electron chi connectivity index (χ0n) is 14.1. The summed E-state index contributed by atoms with van der Waals surface area (Å²) in [4.78, 5) is 37.5. The Morgan fingerprint density at radius 2 is 1.77 bits per heavy atom. The molecule has 0 spiro atoms. The molecule has 0 radical (unpaired) electrons. The van der Waals surface area contributed by atoms with Crippen molar-refractivity contribution in [3.63, 3.8) is 0 Å². The first-order valence-electron chi connectivity index (χ1n) is 7.73. The number of hydrogen-bond donors (Lipinski definition) is 2. The number of carboxylic acids is 1. The third kappa shape index (κ3) is 3.14. The number of nitrogens with one attached hydrogen (secondary N) is 1. The van der Waals surface area contributed by atoms with E-state index in [0.717, 1.165) is 0 Å². The number of amides is 1. The molecule has 1 aliphatic rings. The number of aromatic carboxylic acids is 1. The van der Waals surface area contributed by atoms with Crippen molar-refractivity contribution in [3.05, 3.63) is 65.4 Å². The van der Waals surface area contributed by atoms with Crippen molar-refractivity contribution in [2.24, 2.45) is 0 Å². The van der Waals surface area contributed by atoms with Gasteiger partial charge in [-0.25, -0.2) is 4.79 Å². The molecule has 0 bridgehead atoms. The molecule has 26 heavy (non-hydrogen) atoms. The molecule has 1 amide bonds. The Hall–Kier alpha value is -3.61. The Labute approximate surface area is 149 Å². The largest absolute Gasteiger partial charge is 0.497 e. The van der Waals surface area contributed by atoms with Crippen LogP contribution in [0.25, 0.3) is 0 Å². The first-order valence-corrected chi connectivity index (χ1v) is 7.73. The number of benzene rings is 2. The molecule has 0 fully saturated rings. The van der Waals surface area contributed by atoms with Crippen LogP contribution in [0.2, 0.25) is 0 Å². The lowest BCUT2D eigenvalue weighted by Crippen LogP contribution is -2.34. The zero-order chi connectivity index (χ0) is 18.8. The number of hydrogen-bond acceptors (Lipinski definition) is 5. The van der Waals surface area contributed by atoms with E-state index in [1.807, 2.05) is 0 Å². The van der Waals surface area contributed by atoms with Crippen molar-refractivity contribution in [2.75, 3.05) is 24.4 Å². The van der Waals surface area contributed by atoms with E-state index in [1.54, 1.807) is 42.3 Å². The van der Waals surface area contributed by atoms with Crippen LogP contribution in [0.5, 0.6) is 5.75 Å². The van der Waals surface area contributed by atoms with Gasteiger partial charge in [-0.1, -0.05) is 0 Å². The van der Waals surface area contributed by atoms with E-state index >= 15 is 0 Å². The summed E-state index contributed by atoms with van der Waals surface area (Å²) in [6.45, 7) is 0. The minimum atomic E-state index is -1.08. The van der Waals surface area contributed by atoms with E-state index < -0.39 is 11.9 Å². The molecule has 0 saturated carbocycles. The highest BCUT2D eigenvalue weighted by atomic mass is 16.5. The number of rotatable bonds is 4. The molecule has 0 atom stereocenters. The number of allylic oxidation sites excluding steroid dienone is 1. The molecular weight excluding hydrogens is 336 g/mol. The smallest absolute Gasteiger partial charge is 0.335 e. The number of carbonyl (C=O) groups is 3. The molecule has 1 aliphatic heterocycles. The Bertz CT molecular complexity index is 931. The topological polar surface area (TPSA) is 95.9 Å². The maximum Gasteiger partial charge on any atom is 0.335 e. The quantitative estimate of drug-likeness (QED) is 0.648. The highest BCUT2D eigenvalue weighted by Gasteiger charge is 2.26. The van der Waals surface area contributed by atoms with E-state index in [0.29, 0.717) is 22.7 Å². The number of likely N-dealkylation sites (N-methyl/N-ethyl adjacent to an activating group) is 1. The molecule has 1 heterocycles. The molecule has 132 valence electrons. The summed E-state index contributed by atoms with van der Waals surface area (Å²) in [6, 6.07) is 11.0. The number of nitrogens with zero attached hydrogens (tertiary/aromatic N) is 1. The van der Waals surface area contributed by atoms with Gasteiger partial charge in [0.05, 0.1) is 24.0 Å². The molecule has 0 aliphatic carbocycles. The van der Waals surface area contributed by atoms with Crippen molar-refractivity contribution in [1.82, 2.24) is 0 Å². The summed E-state index contributed by atoms with van der Waals surface area (Å²) < 4.78 is 5.06. The van der Waals surface area contributed by atoms with Crippen molar-refractivity contribution in [2.45, 2.75) is 0 Å². The average Bonchev–Trinajstić information content (AvgIpc) is 2.64. The molecule has 0 unspecified atom stereocenters. The van der Waals surface area contributed by atoms with E-state index in [2.05, 4.69) is 5.32 Å². The first kappa shape index (κ1) is 17.2. The van der Waals surface area contributed by atoms with Crippen molar-refractivity contribution in [3.8, 4) is 5.75 Å². The van der Waals surface area contributed by atoms with Crippen LogP contribution in [-0.2, 0) is 4.79 Å². The number of anilines is 2. The fourth-order valence-corrected chi connectivity index (χ4v) is 2.66. The van der Waals surface area contributed by atoms with Crippen LogP contribution in [-0.4, -0.2) is 36.9 Å². The summed E-state index contributed by atoms with van der Waals surface area (Å²) in [7, 11) is 3.18. The predicted molar refractivity (Wildman–Crippen MR) is 95.8 cm³/mol. The Morgan fingerprint density at radius 1 is 1.12 bits per heavy atom. The fraction of sp³-hybridized carbons (Fsp3) is 0.105. The number of carbonyl (C=O) groups excluding carboxylic acids is 2. The maximum absolute atomic E-state index is 12.5. The summed E-state index contributed by atoms with van der Waals surface area (Å²) in [5.41, 5.74) is 1.64. The lowest BCUT2D eigenvalue weighted by Gasteiger charge is -2.29. The third-order valence-electron chi connectivity index (χ3n) is 4.09. The fourth-order valence-electron chi connectivity index (χ4n) is 2.66. The van der Waals surface area contributed by atoms with E-state index in [1.165, 1.54) is 25.3 Å². The van der Waals surface area contributed by atoms with E-state index in [9.17, 15) is 14.4 Å². The Balaban J connectivity index is 1.92. The van der Waals surface area contributed by atoms with Gasteiger partial charge in [-0.3, -0.25) is 9.59 Å². The van der Waals surface area contributed by atoms with E-state index in [4.69, 9.17) is 9.84 Å². The maximum atomic E-state index is 12.5. The highest BCUT2D eigenvalue weighted by molar-refractivity contribution is 6.17. The predicted octanol–water partition coefficient (Wildman–Crippen LogP) is 2.55. The second-order valence-corrected chi connectivity index (χ2v) is 5.67. The van der Waals surface area contributed by atoms with Gasteiger partial charge in [0.15, 0.2) is 5.78 Å². The van der Waals surface area contributed by atoms with Crippen molar-refractivity contribution < 1.29 is 24.2 Å². The van der Waals surface area contributed by atoms with Gasteiger partial charge in [0.25, 0.3) is 5.91 Å². The first-order chi connectivity index (χ1) is 12.4.